The number of halogens is 1. The first kappa shape index (κ1) is 22.8. The fraction of sp³-hybridized carbons (Fsp3) is 0.667. The highest BCUT2D eigenvalue weighted by Gasteiger charge is 2.51. The van der Waals surface area contributed by atoms with Gasteiger partial charge in [-0.3, -0.25) is 20.4 Å². The molecule has 9 heteroatoms. The van der Waals surface area contributed by atoms with Gasteiger partial charge in [0, 0.05) is 25.1 Å². The summed E-state index contributed by atoms with van der Waals surface area (Å²) in [6.45, 7) is 0.692. The number of benzene rings is 1. The number of piperidine rings is 1. The Morgan fingerprint density at radius 2 is 1.58 bits per heavy atom. The van der Waals surface area contributed by atoms with E-state index in [0.717, 1.165) is 68.4 Å². The molecule has 1 aromatic rings. The third-order valence-corrected chi connectivity index (χ3v) is 10.1. The lowest BCUT2D eigenvalue weighted by Gasteiger charge is -2.56. The van der Waals surface area contributed by atoms with Gasteiger partial charge in [-0.15, -0.1) is 0 Å². The highest BCUT2D eigenvalue weighted by atomic mass is 32.2. The maximum atomic E-state index is 14.4. The fourth-order valence-electron chi connectivity index (χ4n) is 7.18. The van der Waals surface area contributed by atoms with Gasteiger partial charge in [0.15, 0.2) is 0 Å². The van der Waals surface area contributed by atoms with Crippen molar-refractivity contribution in [1.29, 1.82) is 0 Å². The Bertz CT molecular complexity index is 1020. The molecule has 7 nitrogen and oxygen atoms in total. The molecule has 0 atom stereocenters. The zero-order chi connectivity index (χ0) is 23.2. The van der Waals surface area contributed by atoms with Crippen LogP contribution in [0, 0.1) is 29.0 Å². The van der Waals surface area contributed by atoms with E-state index in [4.69, 9.17) is 0 Å². The summed E-state index contributed by atoms with van der Waals surface area (Å²) in [7, 11) is -4.02. The van der Waals surface area contributed by atoms with Gasteiger partial charge in [0.2, 0.25) is 15.9 Å². The van der Waals surface area contributed by atoms with Gasteiger partial charge in [-0.25, -0.2) is 12.8 Å². The predicted octanol–water partition coefficient (Wildman–Crippen LogP) is 3.37. The highest BCUT2D eigenvalue weighted by Crippen LogP contribution is 2.61. The summed E-state index contributed by atoms with van der Waals surface area (Å²) in [5.41, 5.74) is 4.93. The van der Waals surface area contributed by atoms with Gasteiger partial charge in [-0.2, -0.15) is 4.31 Å². The van der Waals surface area contributed by atoms with E-state index in [1.54, 1.807) is 0 Å². The number of nitrogens with one attached hydrogen (secondary N) is 2. The number of sulfonamides is 1. The summed E-state index contributed by atoms with van der Waals surface area (Å²) < 4.78 is 41.4. The highest BCUT2D eigenvalue weighted by molar-refractivity contribution is 7.89. The summed E-state index contributed by atoms with van der Waals surface area (Å²) in [5.74, 6) is 0.426. The van der Waals surface area contributed by atoms with E-state index in [2.05, 4.69) is 10.9 Å². The normalized spacial score (nSPS) is 31.4. The quantitative estimate of drug-likeness (QED) is 0.636. The monoisotopic (exact) mass is 477 g/mol. The first-order valence-electron chi connectivity index (χ1n) is 12.1. The van der Waals surface area contributed by atoms with Crippen LogP contribution in [0.4, 0.5) is 4.39 Å². The predicted molar refractivity (Wildman–Crippen MR) is 120 cm³/mol. The molecule has 0 aromatic heterocycles. The molecule has 0 radical (unpaired) electrons. The maximum Gasteiger partial charge on any atom is 0.269 e. The molecule has 0 spiro atoms. The number of amides is 2. The summed E-state index contributed by atoms with van der Waals surface area (Å²) in [5, 5.41) is 0. The van der Waals surface area contributed by atoms with Gasteiger partial charge in [-0.05, 0) is 92.7 Å². The van der Waals surface area contributed by atoms with E-state index in [9.17, 15) is 22.4 Å². The SMILES string of the molecule is O=C(CC12CC3CC(CC(C3)C1)C2)NNC(=O)c1ccc(F)c(S(=O)(=O)N2CCCCC2)c1. The van der Waals surface area contributed by atoms with Crippen molar-refractivity contribution in [3.63, 3.8) is 0 Å². The van der Waals surface area contributed by atoms with Crippen molar-refractivity contribution >= 4 is 21.8 Å². The van der Waals surface area contributed by atoms with Gasteiger partial charge >= 0.3 is 0 Å². The summed E-state index contributed by atoms with van der Waals surface area (Å²) in [4.78, 5) is 24.8. The number of hydrogen-bond donors (Lipinski definition) is 2. The van der Waals surface area contributed by atoms with Crippen molar-refractivity contribution in [2.24, 2.45) is 23.2 Å². The number of carbonyl (C=O) groups excluding carboxylic acids is 2. The van der Waals surface area contributed by atoms with Crippen LogP contribution in [0.3, 0.4) is 0 Å². The molecule has 6 rings (SSSR count). The smallest absolute Gasteiger partial charge is 0.269 e. The van der Waals surface area contributed by atoms with Crippen molar-refractivity contribution in [1.82, 2.24) is 15.2 Å². The van der Waals surface area contributed by atoms with Crippen molar-refractivity contribution in [3.8, 4) is 0 Å². The zero-order valence-corrected chi connectivity index (χ0v) is 19.6. The van der Waals surface area contributed by atoms with Crippen LogP contribution in [0.25, 0.3) is 0 Å². The lowest BCUT2D eigenvalue weighted by atomic mass is 9.49. The average molecular weight is 478 g/mol. The van der Waals surface area contributed by atoms with Gasteiger partial charge < -0.3 is 0 Å². The molecule has 4 saturated carbocycles. The van der Waals surface area contributed by atoms with E-state index < -0.39 is 26.6 Å². The number of hydrogen-bond acceptors (Lipinski definition) is 4. The Morgan fingerprint density at radius 3 is 2.18 bits per heavy atom. The molecule has 33 heavy (non-hydrogen) atoms. The van der Waals surface area contributed by atoms with Crippen molar-refractivity contribution in [2.75, 3.05) is 13.1 Å². The van der Waals surface area contributed by atoms with Crippen molar-refractivity contribution in [2.45, 2.75) is 69.1 Å². The standard InChI is InChI=1S/C24H32FN3O4S/c25-20-5-4-19(11-21(20)33(31,32)28-6-2-1-3-7-28)23(30)27-26-22(29)15-24-12-16-8-17(13-24)10-18(9-16)14-24/h4-5,11,16-18H,1-3,6-10,12-15H2,(H,26,29)(H,27,30). The summed E-state index contributed by atoms with van der Waals surface area (Å²) >= 11 is 0. The van der Waals surface area contributed by atoms with Crippen LogP contribution in [0.1, 0.15) is 74.6 Å². The first-order chi connectivity index (χ1) is 15.7. The molecule has 180 valence electrons. The molecule has 2 N–H and O–H groups in total. The average Bonchev–Trinajstić information content (AvgIpc) is 2.77. The van der Waals surface area contributed by atoms with E-state index in [1.165, 1.54) is 29.6 Å². The minimum absolute atomic E-state index is 0.0120. The molecule has 4 bridgehead atoms. The molecule has 1 aromatic carbocycles. The van der Waals surface area contributed by atoms with Gasteiger partial charge in [0.05, 0.1) is 0 Å². The molecule has 1 saturated heterocycles. The lowest BCUT2D eigenvalue weighted by Crippen LogP contribution is -2.50. The van der Waals surface area contributed by atoms with Crippen LogP contribution in [0.5, 0.6) is 0 Å². The van der Waals surface area contributed by atoms with Gasteiger partial charge in [0.25, 0.3) is 5.91 Å². The summed E-state index contributed by atoms with van der Waals surface area (Å²) in [6, 6.07) is 3.27. The number of carbonyl (C=O) groups is 2. The molecule has 5 aliphatic rings. The van der Waals surface area contributed by atoms with E-state index in [-0.39, 0.29) is 16.9 Å². The number of hydrazine groups is 1. The Balaban J connectivity index is 1.22. The number of rotatable bonds is 5. The van der Waals surface area contributed by atoms with Crippen LogP contribution in [-0.4, -0.2) is 37.6 Å². The van der Waals surface area contributed by atoms with E-state index in [0.29, 0.717) is 19.5 Å². The van der Waals surface area contributed by atoms with Crippen LogP contribution in [0.2, 0.25) is 0 Å². The maximum absolute atomic E-state index is 14.4. The topological polar surface area (TPSA) is 95.6 Å². The largest absolute Gasteiger partial charge is 0.273 e. The third-order valence-electron chi connectivity index (χ3n) is 8.14. The molecule has 2 amide bonds. The van der Waals surface area contributed by atoms with Crippen LogP contribution >= 0.6 is 0 Å². The van der Waals surface area contributed by atoms with E-state index in [1.807, 2.05) is 0 Å². The zero-order valence-electron chi connectivity index (χ0n) is 18.8. The molecule has 4 aliphatic carbocycles. The summed E-state index contributed by atoms with van der Waals surface area (Å²) in [6.07, 6.45) is 9.98. The Kier molecular flexibility index (Phi) is 5.97. The lowest BCUT2D eigenvalue weighted by molar-refractivity contribution is -0.130. The van der Waals surface area contributed by atoms with Crippen molar-refractivity contribution in [3.05, 3.63) is 29.6 Å². The first-order valence-corrected chi connectivity index (χ1v) is 13.6. The molecule has 1 aliphatic heterocycles. The second-order valence-electron chi connectivity index (χ2n) is 10.7. The van der Waals surface area contributed by atoms with Crippen LogP contribution in [-0.2, 0) is 14.8 Å². The minimum Gasteiger partial charge on any atom is -0.273 e. The Morgan fingerprint density at radius 1 is 0.970 bits per heavy atom. The van der Waals surface area contributed by atoms with Crippen molar-refractivity contribution < 1.29 is 22.4 Å². The Labute approximate surface area is 194 Å². The van der Waals surface area contributed by atoms with E-state index >= 15 is 0 Å². The molecule has 1 heterocycles. The molecular weight excluding hydrogens is 445 g/mol. The molecule has 0 unspecified atom stereocenters. The molecule has 5 fully saturated rings. The Hall–Kier alpha value is -2.00. The van der Waals surface area contributed by atoms with Crippen LogP contribution < -0.4 is 10.9 Å². The third kappa shape index (κ3) is 4.54. The second kappa shape index (κ2) is 8.65. The molecular formula is C24H32FN3O4S. The van der Waals surface area contributed by atoms with Gasteiger partial charge in [-0.1, -0.05) is 6.42 Å². The van der Waals surface area contributed by atoms with Gasteiger partial charge in [0.1, 0.15) is 10.7 Å². The van der Waals surface area contributed by atoms with Crippen LogP contribution in [0.15, 0.2) is 23.1 Å². The number of nitrogens with zero attached hydrogens (tertiary/aromatic N) is 1. The second-order valence-corrected chi connectivity index (χ2v) is 12.6. The minimum atomic E-state index is -4.02. The fourth-order valence-corrected chi connectivity index (χ4v) is 8.78.